The molecular weight excluding hydrogens is 415 g/mol. The fourth-order valence-corrected chi connectivity index (χ4v) is 3.27. The van der Waals surface area contributed by atoms with Crippen LogP contribution in [0.15, 0.2) is 27.9 Å². The van der Waals surface area contributed by atoms with E-state index in [1.165, 1.54) is 10.9 Å². The van der Waals surface area contributed by atoms with E-state index in [9.17, 15) is 4.79 Å². The molecule has 0 N–H and O–H groups in total. The van der Waals surface area contributed by atoms with Crippen LogP contribution in [-0.4, -0.2) is 27.1 Å². The minimum absolute atomic E-state index is 0.0798. The summed E-state index contributed by atoms with van der Waals surface area (Å²) < 4.78 is 6.62. The minimum atomic E-state index is -0.770. The van der Waals surface area contributed by atoms with Gasteiger partial charge in [-0.25, -0.2) is 4.79 Å². The number of benzene rings is 1. The average molecular weight is 428 g/mol. The Hall–Kier alpha value is -2.35. The van der Waals surface area contributed by atoms with Crippen molar-refractivity contribution < 1.29 is 14.2 Å². The van der Waals surface area contributed by atoms with Gasteiger partial charge < -0.3 is 9.36 Å². The van der Waals surface area contributed by atoms with Gasteiger partial charge in [-0.3, -0.25) is 4.68 Å². The number of hydrogen-bond donors (Lipinski definition) is 0. The van der Waals surface area contributed by atoms with Gasteiger partial charge in [-0.1, -0.05) is 51.2 Å². The number of carbonyl (C=O) groups excluding carboxylic acids is 1. The zero-order chi connectivity index (χ0) is 19.7. The first kappa shape index (κ1) is 19.4. The molecule has 0 aliphatic heterocycles. The number of nitrogens with zero attached hydrogens (tertiary/aromatic N) is 4. The number of hydrogen-bond acceptors (Lipinski definition) is 6. The molecule has 0 aliphatic carbocycles. The maximum atomic E-state index is 12.5. The highest BCUT2D eigenvalue weighted by Crippen LogP contribution is 2.37. The molecule has 0 aliphatic rings. The molecule has 3 aromatic rings. The van der Waals surface area contributed by atoms with Gasteiger partial charge in [-0.05, 0) is 26.0 Å². The topological polar surface area (TPSA) is 82.5 Å². The molecule has 2 heterocycles. The Kier molecular flexibility index (Phi) is 5.55. The highest BCUT2D eigenvalue weighted by atomic mass is 35.5. The average Bonchev–Trinajstić information content (AvgIpc) is 3.09. The van der Waals surface area contributed by atoms with Crippen LogP contribution in [0, 0.1) is 13.8 Å². The summed E-state index contributed by atoms with van der Waals surface area (Å²) in [6.45, 7) is 3.33. The van der Waals surface area contributed by atoms with E-state index in [-0.39, 0.29) is 17.0 Å². The molecular formula is C17H13Cl3N4O3. The second-order valence-corrected chi connectivity index (χ2v) is 6.76. The zero-order valence-corrected chi connectivity index (χ0v) is 16.7. The monoisotopic (exact) mass is 426 g/mol. The first-order valence-corrected chi connectivity index (χ1v) is 8.79. The minimum Gasteiger partial charge on any atom is -0.360 e. The molecule has 0 saturated carbocycles. The molecule has 0 amide bonds. The van der Waals surface area contributed by atoms with Crippen molar-refractivity contribution in [3.8, 4) is 11.3 Å². The molecule has 0 spiro atoms. The third kappa shape index (κ3) is 3.71. The van der Waals surface area contributed by atoms with Crippen LogP contribution >= 0.6 is 34.8 Å². The molecule has 10 heteroatoms. The number of carbonyl (C=O) groups is 1. The van der Waals surface area contributed by atoms with Gasteiger partial charge in [0.05, 0.1) is 27.5 Å². The van der Waals surface area contributed by atoms with Crippen LogP contribution in [-0.2, 0) is 11.9 Å². The smallest absolute Gasteiger partial charge is 0.360 e. The van der Waals surface area contributed by atoms with E-state index in [4.69, 9.17) is 44.2 Å². The molecule has 3 rings (SSSR count). The summed E-state index contributed by atoms with van der Waals surface area (Å²) in [6.07, 6.45) is 1.31. The van der Waals surface area contributed by atoms with Gasteiger partial charge in [0.15, 0.2) is 0 Å². The Balaban J connectivity index is 1.90. The predicted molar refractivity (Wildman–Crippen MR) is 103 cm³/mol. The van der Waals surface area contributed by atoms with Gasteiger partial charge in [0, 0.05) is 12.6 Å². The summed E-state index contributed by atoms with van der Waals surface area (Å²) in [5.74, 6) is -0.523. The van der Waals surface area contributed by atoms with Gasteiger partial charge in [-0.2, -0.15) is 5.10 Å². The second kappa shape index (κ2) is 7.72. The fourth-order valence-electron chi connectivity index (χ4n) is 2.47. The van der Waals surface area contributed by atoms with Gasteiger partial charge in [0.1, 0.15) is 22.2 Å². The Bertz CT molecular complexity index is 1040. The van der Waals surface area contributed by atoms with Crippen molar-refractivity contribution in [1.82, 2.24) is 14.9 Å². The Morgan fingerprint density at radius 3 is 2.52 bits per heavy atom. The van der Waals surface area contributed by atoms with Crippen LogP contribution < -0.4 is 0 Å². The molecule has 2 aromatic heterocycles. The van der Waals surface area contributed by atoms with Gasteiger partial charge in [0.25, 0.3) is 0 Å². The summed E-state index contributed by atoms with van der Waals surface area (Å²) >= 11 is 18.5. The summed E-state index contributed by atoms with van der Waals surface area (Å²) in [5.41, 5.74) is 1.82. The van der Waals surface area contributed by atoms with Gasteiger partial charge in [0.2, 0.25) is 0 Å². The molecule has 0 fully saturated rings. The maximum Gasteiger partial charge on any atom is 0.371 e. The molecule has 0 radical (unpaired) electrons. The molecule has 1 aromatic carbocycles. The van der Waals surface area contributed by atoms with E-state index >= 15 is 0 Å². The van der Waals surface area contributed by atoms with Crippen molar-refractivity contribution in [3.63, 3.8) is 0 Å². The number of halogens is 3. The second-order valence-electron chi connectivity index (χ2n) is 5.59. The van der Waals surface area contributed by atoms with E-state index in [0.717, 1.165) is 0 Å². The molecule has 0 unspecified atom stereocenters. The largest absolute Gasteiger partial charge is 0.371 e. The summed E-state index contributed by atoms with van der Waals surface area (Å²) in [4.78, 5) is 17.5. The number of oxime groups is 1. The van der Waals surface area contributed by atoms with Gasteiger partial charge in [-0.15, -0.1) is 0 Å². The SMILES string of the molecule is Cc1nn(C)c(Cl)c1/C=N\OC(=O)c1c(-c2c(Cl)cccc2Cl)noc1C. The van der Waals surface area contributed by atoms with E-state index in [2.05, 4.69) is 15.4 Å². The van der Waals surface area contributed by atoms with Crippen LogP contribution in [0.25, 0.3) is 11.3 Å². The fraction of sp³-hybridized carbons (Fsp3) is 0.176. The van der Waals surface area contributed by atoms with Gasteiger partial charge >= 0.3 is 5.97 Å². The lowest BCUT2D eigenvalue weighted by molar-refractivity contribution is 0.0518. The quantitative estimate of drug-likeness (QED) is 0.338. The highest BCUT2D eigenvalue weighted by Gasteiger charge is 2.26. The third-order valence-corrected chi connectivity index (χ3v) is 4.86. The molecule has 140 valence electrons. The van der Waals surface area contributed by atoms with Crippen molar-refractivity contribution in [2.75, 3.05) is 0 Å². The first-order chi connectivity index (χ1) is 12.8. The van der Waals surface area contributed by atoms with E-state index < -0.39 is 5.97 Å². The maximum absolute atomic E-state index is 12.5. The molecule has 7 nitrogen and oxygen atoms in total. The summed E-state index contributed by atoms with van der Waals surface area (Å²) in [5, 5.41) is 12.8. The van der Waals surface area contributed by atoms with Crippen molar-refractivity contribution in [3.05, 3.63) is 56.0 Å². The lowest BCUT2D eigenvalue weighted by atomic mass is 10.1. The van der Waals surface area contributed by atoms with Crippen molar-refractivity contribution in [2.45, 2.75) is 13.8 Å². The Labute approximate surface area is 169 Å². The van der Waals surface area contributed by atoms with E-state index in [1.807, 2.05) is 0 Å². The first-order valence-electron chi connectivity index (χ1n) is 7.65. The Morgan fingerprint density at radius 2 is 1.93 bits per heavy atom. The van der Waals surface area contributed by atoms with E-state index in [1.54, 1.807) is 39.1 Å². The molecule has 0 saturated heterocycles. The van der Waals surface area contributed by atoms with Crippen LogP contribution in [0.2, 0.25) is 15.2 Å². The molecule has 0 bridgehead atoms. The number of aromatic nitrogens is 3. The predicted octanol–water partition coefficient (Wildman–Crippen LogP) is 4.84. The summed E-state index contributed by atoms with van der Waals surface area (Å²) in [6, 6.07) is 4.95. The zero-order valence-electron chi connectivity index (χ0n) is 14.5. The number of rotatable bonds is 4. The van der Waals surface area contributed by atoms with Crippen molar-refractivity contribution >= 4 is 47.0 Å². The van der Waals surface area contributed by atoms with Crippen LogP contribution in [0.3, 0.4) is 0 Å². The van der Waals surface area contributed by atoms with Crippen LogP contribution in [0.1, 0.15) is 27.4 Å². The van der Waals surface area contributed by atoms with Crippen molar-refractivity contribution in [1.29, 1.82) is 0 Å². The van der Waals surface area contributed by atoms with E-state index in [0.29, 0.717) is 32.0 Å². The standard InChI is InChI=1S/C17H13Cl3N4O3/c1-8-10(16(20)24(3)22-8)7-21-27-17(25)13-9(2)26-23-15(13)14-11(18)5-4-6-12(14)19/h4-7H,1-3H3/b21-7-. The lowest BCUT2D eigenvalue weighted by Gasteiger charge is -2.05. The third-order valence-electron chi connectivity index (χ3n) is 3.78. The van der Waals surface area contributed by atoms with Crippen molar-refractivity contribution in [2.24, 2.45) is 12.2 Å². The Morgan fingerprint density at radius 1 is 1.26 bits per heavy atom. The lowest BCUT2D eigenvalue weighted by Crippen LogP contribution is -2.04. The molecule has 27 heavy (non-hydrogen) atoms. The summed E-state index contributed by atoms with van der Waals surface area (Å²) in [7, 11) is 1.69. The van der Waals surface area contributed by atoms with Crippen LogP contribution in [0.4, 0.5) is 0 Å². The van der Waals surface area contributed by atoms with Crippen LogP contribution in [0.5, 0.6) is 0 Å². The molecule has 0 atom stereocenters. The number of aryl methyl sites for hydroxylation is 3. The normalized spacial score (nSPS) is 11.3. The highest BCUT2D eigenvalue weighted by molar-refractivity contribution is 6.39.